The zero-order valence-electron chi connectivity index (χ0n) is 10.7. The number of benzene rings is 1. The van der Waals surface area contributed by atoms with Crippen LogP contribution in [-0.2, 0) is 11.2 Å². The molecule has 0 bridgehead atoms. The highest BCUT2D eigenvalue weighted by atomic mass is 35.5. The van der Waals surface area contributed by atoms with E-state index in [1.54, 1.807) is 19.2 Å². The molecule has 0 radical (unpaired) electrons. The minimum atomic E-state index is -0.362. The van der Waals surface area contributed by atoms with Crippen molar-refractivity contribution in [2.45, 2.75) is 38.3 Å². The van der Waals surface area contributed by atoms with Crippen molar-refractivity contribution in [3.8, 4) is 0 Å². The standard InChI is InChI=1S/C13H20ClFN2O/c1-9(18-2)6-7-11(17-16)8-10-4-3-5-12(14)13(10)15/h3-5,9,11,17H,6-8,16H2,1-2H3. The van der Waals surface area contributed by atoms with E-state index in [2.05, 4.69) is 5.43 Å². The Hall–Kier alpha value is -0.680. The van der Waals surface area contributed by atoms with Gasteiger partial charge in [0.25, 0.3) is 0 Å². The number of nitrogens with two attached hydrogens (primary N) is 1. The maximum atomic E-state index is 13.7. The van der Waals surface area contributed by atoms with E-state index in [-0.39, 0.29) is 23.0 Å². The van der Waals surface area contributed by atoms with Gasteiger partial charge in [0.15, 0.2) is 0 Å². The molecule has 3 nitrogen and oxygen atoms in total. The highest BCUT2D eigenvalue weighted by molar-refractivity contribution is 6.30. The van der Waals surface area contributed by atoms with Crippen molar-refractivity contribution in [3.63, 3.8) is 0 Å². The van der Waals surface area contributed by atoms with Gasteiger partial charge in [0.05, 0.1) is 11.1 Å². The molecule has 102 valence electrons. The summed E-state index contributed by atoms with van der Waals surface area (Å²) in [4.78, 5) is 0. The van der Waals surface area contributed by atoms with Gasteiger partial charge in [-0.3, -0.25) is 11.3 Å². The number of hydrazine groups is 1. The first kappa shape index (κ1) is 15.4. The highest BCUT2D eigenvalue weighted by Crippen LogP contribution is 2.20. The fourth-order valence-electron chi connectivity index (χ4n) is 1.77. The van der Waals surface area contributed by atoms with E-state index in [0.717, 1.165) is 12.8 Å². The van der Waals surface area contributed by atoms with Gasteiger partial charge in [-0.25, -0.2) is 4.39 Å². The Labute approximate surface area is 112 Å². The minimum absolute atomic E-state index is 0.00978. The SMILES string of the molecule is COC(C)CCC(Cc1cccc(Cl)c1F)NN. The molecule has 0 spiro atoms. The van der Waals surface area contributed by atoms with Crippen molar-refractivity contribution in [2.75, 3.05) is 7.11 Å². The van der Waals surface area contributed by atoms with Crippen molar-refractivity contribution < 1.29 is 9.13 Å². The second-order valence-electron chi connectivity index (χ2n) is 4.40. The Morgan fingerprint density at radius 2 is 2.17 bits per heavy atom. The van der Waals surface area contributed by atoms with E-state index in [0.29, 0.717) is 12.0 Å². The fraction of sp³-hybridized carbons (Fsp3) is 0.538. The first-order valence-electron chi connectivity index (χ1n) is 6.00. The average molecular weight is 275 g/mol. The lowest BCUT2D eigenvalue weighted by Gasteiger charge is -2.18. The third kappa shape index (κ3) is 4.53. The van der Waals surface area contributed by atoms with Crippen LogP contribution < -0.4 is 11.3 Å². The van der Waals surface area contributed by atoms with Crippen molar-refractivity contribution in [3.05, 3.63) is 34.6 Å². The third-order valence-electron chi connectivity index (χ3n) is 3.06. The smallest absolute Gasteiger partial charge is 0.145 e. The van der Waals surface area contributed by atoms with Crippen LogP contribution >= 0.6 is 11.6 Å². The van der Waals surface area contributed by atoms with Gasteiger partial charge in [0.2, 0.25) is 0 Å². The van der Waals surface area contributed by atoms with Crippen LogP contribution in [0.25, 0.3) is 0 Å². The number of hydrogen-bond donors (Lipinski definition) is 2. The van der Waals surface area contributed by atoms with Gasteiger partial charge < -0.3 is 4.74 Å². The summed E-state index contributed by atoms with van der Waals surface area (Å²) in [6.07, 6.45) is 2.37. The number of methoxy groups -OCH3 is 1. The normalized spacial score (nSPS) is 14.5. The Balaban J connectivity index is 2.59. The second-order valence-corrected chi connectivity index (χ2v) is 4.81. The summed E-state index contributed by atoms with van der Waals surface area (Å²) in [6.45, 7) is 1.99. The lowest BCUT2D eigenvalue weighted by molar-refractivity contribution is 0.106. The molecule has 2 atom stereocenters. The molecular formula is C13H20ClFN2O. The van der Waals surface area contributed by atoms with Crippen molar-refractivity contribution in [1.82, 2.24) is 5.43 Å². The zero-order chi connectivity index (χ0) is 13.5. The van der Waals surface area contributed by atoms with E-state index >= 15 is 0 Å². The van der Waals surface area contributed by atoms with Crippen molar-refractivity contribution in [1.29, 1.82) is 0 Å². The van der Waals surface area contributed by atoms with Crippen molar-refractivity contribution in [2.24, 2.45) is 5.84 Å². The van der Waals surface area contributed by atoms with Gasteiger partial charge in [-0.05, 0) is 37.8 Å². The molecular weight excluding hydrogens is 255 g/mol. The molecule has 0 fully saturated rings. The molecule has 1 rings (SSSR count). The molecule has 5 heteroatoms. The van der Waals surface area contributed by atoms with Gasteiger partial charge >= 0.3 is 0 Å². The number of rotatable bonds is 7. The third-order valence-corrected chi connectivity index (χ3v) is 3.35. The summed E-state index contributed by atoms with van der Waals surface area (Å²) in [5.41, 5.74) is 3.29. The van der Waals surface area contributed by atoms with Crippen LogP contribution in [0.1, 0.15) is 25.3 Å². The van der Waals surface area contributed by atoms with E-state index in [1.807, 2.05) is 6.92 Å². The Morgan fingerprint density at radius 1 is 1.44 bits per heavy atom. The maximum absolute atomic E-state index is 13.7. The van der Waals surface area contributed by atoms with Gasteiger partial charge in [0.1, 0.15) is 5.82 Å². The first-order chi connectivity index (χ1) is 8.58. The minimum Gasteiger partial charge on any atom is -0.382 e. The summed E-state index contributed by atoms with van der Waals surface area (Å²) in [5.74, 6) is 5.13. The van der Waals surface area contributed by atoms with Crippen LogP contribution in [0.4, 0.5) is 4.39 Å². The van der Waals surface area contributed by atoms with E-state index in [4.69, 9.17) is 22.2 Å². The maximum Gasteiger partial charge on any atom is 0.145 e. The predicted octanol–water partition coefficient (Wildman–Crippen LogP) is 2.67. The number of hydrogen-bond acceptors (Lipinski definition) is 3. The number of halogens is 2. The summed E-state index contributed by atoms with van der Waals surface area (Å²) in [7, 11) is 1.67. The molecule has 0 heterocycles. The lowest BCUT2D eigenvalue weighted by atomic mass is 10.0. The lowest BCUT2D eigenvalue weighted by Crippen LogP contribution is -2.37. The Kier molecular flexibility index (Phi) is 6.57. The molecule has 0 saturated carbocycles. The van der Waals surface area contributed by atoms with Gasteiger partial charge in [-0.15, -0.1) is 0 Å². The summed E-state index contributed by atoms with van der Waals surface area (Å²) < 4.78 is 18.9. The molecule has 0 amide bonds. The molecule has 1 aromatic rings. The van der Waals surface area contributed by atoms with Gasteiger partial charge in [-0.2, -0.15) is 0 Å². The second kappa shape index (κ2) is 7.69. The Morgan fingerprint density at radius 3 is 2.78 bits per heavy atom. The molecule has 0 saturated heterocycles. The molecule has 18 heavy (non-hydrogen) atoms. The first-order valence-corrected chi connectivity index (χ1v) is 6.38. The summed E-state index contributed by atoms with van der Waals surface area (Å²) in [5, 5.41) is 0.147. The van der Waals surface area contributed by atoms with Crippen LogP contribution in [0.2, 0.25) is 5.02 Å². The van der Waals surface area contributed by atoms with Crippen LogP contribution in [0, 0.1) is 5.82 Å². The average Bonchev–Trinajstić information content (AvgIpc) is 2.38. The monoisotopic (exact) mass is 274 g/mol. The topological polar surface area (TPSA) is 47.3 Å². The van der Waals surface area contributed by atoms with E-state index in [9.17, 15) is 4.39 Å². The number of nitrogens with one attached hydrogen (secondary N) is 1. The molecule has 0 aliphatic carbocycles. The molecule has 0 aliphatic rings. The van der Waals surface area contributed by atoms with Crippen LogP contribution in [0.15, 0.2) is 18.2 Å². The van der Waals surface area contributed by atoms with Crippen LogP contribution in [0.5, 0.6) is 0 Å². The number of ether oxygens (including phenoxy) is 1. The summed E-state index contributed by atoms with van der Waals surface area (Å²) >= 11 is 5.74. The summed E-state index contributed by atoms with van der Waals surface area (Å²) in [6, 6.07) is 5.02. The predicted molar refractivity (Wildman–Crippen MR) is 71.9 cm³/mol. The molecule has 0 aromatic heterocycles. The van der Waals surface area contributed by atoms with Crippen molar-refractivity contribution >= 4 is 11.6 Å². The largest absolute Gasteiger partial charge is 0.382 e. The highest BCUT2D eigenvalue weighted by Gasteiger charge is 2.14. The molecule has 2 unspecified atom stereocenters. The Bertz CT molecular complexity index is 376. The zero-order valence-corrected chi connectivity index (χ0v) is 11.5. The fourth-order valence-corrected chi connectivity index (χ4v) is 1.96. The van der Waals surface area contributed by atoms with Gasteiger partial charge in [0, 0.05) is 13.2 Å². The molecule has 0 aliphatic heterocycles. The van der Waals surface area contributed by atoms with E-state index < -0.39 is 0 Å². The molecule has 3 N–H and O–H groups in total. The quantitative estimate of drug-likeness (QED) is 0.594. The van der Waals surface area contributed by atoms with E-state index in [1.165, 1.54) is 6.07 Å². The molecule has 1 aromatic carbocycles. The van der Waals surface area contributed by atoms with Gasteiger partial charge in [-0.1, -0.05) is 23.7 Å². The van der Waals surface area contributed by atoms with Crippen LogP contribution in [-0.4, -0.2) is 19.3 Å². The van der Waals surface area contributed by atoms with Crippen LogP contribution in [0.3, 0.4) is 0 Å².